The van der Waals surface area contributed by atoms with Gasteiger partial charge in [0, 0.05) is 35.0 Å². The molecule has 0 aliphatic carbocycles. The molecule has 0 unspecified atom stereocenters. The summed E-state index contributed by atoms with van der Waals surface area (Å²) in [7, 11) is 0. The third-order valence-corrected chi connectivity index (χ3v) is 6.75. The van der Waals surface area contributed by atoms with Crippen molar-refractivity contribution in [3.63, 3.8) is 0 Å². The number of ether oxygens (including phenoxy) is 2. The van der Waals surface area contributed by atoms with Crippen LogP contribution in [0.2, 0.25) is 0 Å². The first-order chi connectivity index (χ1) is 18.7. The van der Waals surface area contributed by atoms with Crippen LogP contribution >= 0.6 is 15.9 Å². The van der Waals surface area contributed by atoms with Crippen molar-refractivity contribution < 1.29 is 32.5 Å². The topological polar surface area (TPSA) is 92.2 Å². The molecule has 0 aromatic heterocycles. The zero-order valence-corrected chi connectivity index (χ0v) is 22.3. The Morgan fingerprint density at radius 3 is 2.41 bits per heavy atom. The minimum Gasteiger partial charge on any atom is -0.494 e. The van der Waals surface area contributed by atoms with Crippen LogP contribution in [-0.2, 0) is 16.0 Å². The van der Waals surface area contributed by atoms with Crippen LogP contribution in [0.25, 0.3) is 0 Å². The molecular formula is C28H27BrF3N3O4. The molecule has 7 nitrogen and oxygen atoms in total. The van der Waals surface area contributed by atoms with E-state index in [0.717, 1.165) is 5.56 Å². The van der Waals surface area contributed by atoms with Gasteiger partial charge in [-0.25, -0.2) is 10.4 Å². The fraction of sp³-hybridized carbons (Fsp3) is 0.286. The van der Waals surface area contributed by atoms with Crippen LogP contribution in [0.1, 0.15) is 29.2 Å². The molecule has 39 heavy (non-hydrogen) atoms. The number of rotatable bonds is 11. The molecule has 206 valence electrons. The van der Waals surface area contributed by atoms with E-state index in [0.29, 0.717) is 34.4 Å². The molecular weight excluding hydrogens is 579 g/mol. The van der Waals surface area contributed by atoms with Crippen LogP contribution in [0.5, 0.6) is 5.75 Å². The van der Waals surface area contributed by atoms with Crippen LogP contribution in [-0.4, -0.2) is 48.4 Å². The molecule has 11 heteroatoms. The minimum atomic E-state index is -4.52. The van der Waals surface area contributed by atoms with Gasteiger partial charge in [0.05, 0.1) is 6.61 Å². The lowest BCUT2D eigenvalue weighted by Crippen LogP contribution is -2.55. The van der Waals surface area contributed by atoms with Gasteiger partial charge in [-0.15, -0.1) is 0 Å². The van der Waals surface area contributed by atoms with Gasteiger partial charge in [-0.05, 0) is 35.9 Å². The Labute approximate surface area is 232 Å². The van der Waals surface area contributed by atoms with Crippen LogP contribution < -0.4 is 15.6 Å². The lowest BCUT2D eigenvalue weighted by Gasteiger charge is -2.31. The molecule has 1 aliphatic rings. The van der Waals surface area contributed by atoms with Crippen molar-refractivity contribution in [3.05, 3.63) is 100 Å². The van der Waals surface area contributed by atoms with Crippen molar-refractivity contribution in [2.24, 2.45) is 4.99 Å². The molecule has 1 heterocycles. The van der Waals surface area contributed by atoms with Crippen molar-refractivity contribution in [1.82, 2.24) is 10.9 Å². The lowest BCUT2D eigenvalue weighted by atomic mass is 9.82. The second-order valence-electron chi connectivity index (χ2n) is 8.90. The average molecular weight is 606 g/mol. The summed E-state index contributed by atoms with van der Waals surface area (Å²) in [4.78, 5) is 18.5. The summed E-state index contributed by atoms with van der Waals surface area (Å²) in [5, 5.41) is 8.96. The SMILES string of the molecule is O=C(NNCC(F)(F)F)[C@@]1(Cc2ccccc2)N=C(c2ccc(OCCCO)cc2)O[C@H]1c1ccccc1Br. The maximum atomic E-state index is 13.7. The fourth-order valence-electron chi connectivity index (χ4n) is 4.19. The highest BCUT2D eigenvalue weighted by Gasteiger charge is 2.54. The number of alkyl halides is 3. The third-order valence-electron chi connectivity index (χ3n) is 6.02. The van der Waals surface area contributed by atoms with E-state index in [-0.39, 0.29) is 18.9 Å². The maximum absolute atomic E-state index is 13.7. The normalized spacial score (nSPS) is 18.8. The Morgan fingerprint density at radius 1 is 1.05 bits per heavy atom. The molecule has 3 N–H and O–H groups in total. The molecule has 0 saturated carbocycles. The predicted molar refractivity (Wildman–Crippen MR) is 143 cm³/mol. The summed E-state index contributed by atoms with van der Waals surface area (Å²) in [5.41, 5.74) is 4.49. The van der Waals surface area contributed by atoms with E-state index in [1.54, 1.807) is 42.5 Å². The molecule has 2 atom stereocenters. The van der Waals surface area contributed by atoms with Crippen LogP contribution in [0.4, 0.5) is 13.2 Å². The molecule has 4 rings (SSSR count). The number of carbonyl (C=O) groups excluding carboxylic acids is 1. The first-order valence-electron chi connectivity index (χ1n) is 12.2. The van der Waals surface area contributed by atoms with E-state index >= 15 is 0 Å². The Kier molecular flexibility index (Phi) is 9.26. The summed E-state index contributed by atoms with van der Waals surface area (Å²) in [6.07, 6.45) is -4.93. The molecule has 0 fully saturated rings. The third kappa shape index (κ3) is 7.17. The highest BCUT2D eigenvalue weighted by atomic mass is 79.9. The zero-order chi connectivity index (χ0) is 27.9. The van der Waals surface area contributed by atoms with E-state index in [2.05, 4.69) is 21.4 Å². The number of amides is 1. The van der Waals surface area contributed by atoms with Crippen molar-refractivity contribution in [3.8, 4) is 5.75 Å². The Bertz CT molecular complexity index is 1290. The summed E-state index contributed by atoms with van der Waals surface area (Å²) >= 11 is 3.53. The molecule has 1 amide bonds. The molecule has 0 spiro atoms. The first-order valence-corrected chi connectivity index (χ1v) is 13.0. The Balaban J connectivity index is 1.75. The largest absolute Gasteiger partial charge is 0.494 e. The van der Waals surface area contributed by atoms with E-state index in [4.69, 9.17) is 19.6 Å². The monoisotopic (exact) mass is 605 g/mol. The summed E-state index contributed by atoms with van der Waals surface area (Å²) in [6, 6.07) is 23.1. The highest BCUT2D eigenvalue weighted by Crippen LogP contribution is 2.44. The number of nitrogens with zero attached hydrogens (tertiary/aromatic N) is 1. The van der Waals surface area contributed by atoms with Gasteiger partial charge in [0.1, 0.15) is 12.3 Å². The van der Waals surface area contributed by atoms with E-state index < -0.39 is 30.3 Å². The molecule has 0 radical (unpaired) electrons. The summed E-state index contributed by atoms with van der Waals surface area (Å²) in [5.74, 6) is -0.0207. The molecule has 3 aromatic rings. The van der Waals surface area contributed by atoms with Gasteiger partial charge >= 0.3 is 6.18 Å². The highest BCUT2D eigenvalue weighted by molar-refractivity contribution is 9.10. The minimum absolute atomic E-state index is 0.0164. The quantitative estimate of drug-likeness (QED) is 0.214. The predicted octanol–water partition coefficient (Wildman–Crippen LogP) is 4.89. The van der Waals surface area contributed by atoms with Gasteiger partial charge in [0.25, 0.3) is 5.91 Å². The number of aliphatic hydroxyl groups excluding tert-OH is 1. The van der Waals surface area contributed by atoms with Crippen molar-refractivity contribution >= 4 is 27.7 Å². The summed E-state index contributed by atoms with van der Waals surface area (Å²) in [6.45, 7) is -1.04. The number of halogens is 4. The van der Waals surface area contributed by atoms with E-state index in [1.807, 2.05) is 41.8 Å². The van der Waals surface area contributed by atoms with Gasteiger partial charge < -0.3 is 14.6 Å². The number of aliphatic imine (C=N–C) groups is 1. The van der Waals surface area contributed by atoms with Gasteiger partial charge in [0.15, 0.2) is 11.6 Å². The fourth-order valence-corrected chi connectivity index (χ4v) is 4.68. The van der Waals surface area contributed by atoms with Crippen LogP contribution in [0, 0.1) is 0 Å². The van der Waals surface area contributed by atoms with Gasteiger partial charge in [-0.2, -0.15) is 13.2 Å². The molecule has 1 aliphatic heterocycles. The second-order valence-corrected chi connectivity index (χ2v) is 9.75. The number of benzene rings is 3. The van der Waals surface area contributed by atoms with E-state index in [1.165, 1.54) is 0 Å². The van der Waals surface area contributed by atoms with Gasteiger partial charge in [-0.3, -0.25) is 10.2 Å². The maximum Gasteiger partial charge on any atom is 0.402 e. The van der Waals surface area contributed by atoms with Crippen LogP contribution in [0.3, 0.4) is 0 Å². The summed E-state index contributed by atoms with van der Waals surface area (Å²) < 4.78 is 51.1. The molecule has 0 bridgehead atoms. The smallest absolute Gasteiger partial charge is 0.402 e. The van der Waals surface area contributed by atoms with Crippen molar-refractivity contribution in [2.45, 2.75) is 30.7 Å². The standard InChI is InChI=1S/C28H27BrF3N3O4/c29-23-10-5-4-9-22(23)24-27(17-19-7-2-1-3-8-19,26(37)35-33-18-28(30,31)32)34-25(39-24)20-11-13-21(14-12-20)38-16-6-15-36/h1-5,7-14,24,33,36H,6,15-18H2,(H,35,37)/t24-,27-/m0/s1. The first kappa shape index (κ1) is 28.6. The Morgan fingerprint density at radius 2 is 1.74 bits per heavy atom. The van der Waals surface area contributed by atoms with Crippen molar-refractivity contribution in [2.75, 3.05) is 19.8 Å². The Hall–Kier alpha value is -3.41. The van der Waals surface area contributed by atoms with Gasteiger partial charge in [-0.1, -0.05) is 64.5 Å². The number of carbonyl (C=O) groups is 1. The van der Waals surface area contributed by atoms with Crippen LogP contribution in [0.15, 0.2) is 88.3 Å². The number of hydrogen-bond donors (Lipinski definition) is 3. The number of aliphatic hydroxyl groups is 1. The number of hydrogen-bond acceptors (Lipinski definition) is 6. The number of nitrogens with one attached hydrogen (secondary N) is 2. The lowest BCUT2D eigenvalue weighted by molar-refractivity contribution is -0.136. The van der Waals surface area contributed by atoms with E-state index in [9.17, 15) is 18.0 Å². The van der Waals surface area contributed by atoms with Gasteiger partial charge in [0.2, 0.25) is 5.90 Å². The molecule has 0 saturated heterocycles. The van der Waals surface area contributed by atoms with Crippen molar-refractivity contribution in [1.29, 1.82) is 0 Å². The average Bonchev–Trinajstić information content (AvgIpc) is 3.29. The second kappa shape index (κ2) is 12.6. The zero-order valence-electron chi connectivity index (χ0n) is 20.7. The number of hydrazine groups is 1. The molecule has 3 aromatic carbocycles.